The van der Waals surface area contributed by atoms with Gasteiger partial charge in [0.1, 0.15) is 11.8 Å². The van der Waals surface area contributed by atoms with E-state index in [-0.39, 0.29) is 0 Å². The Morgan fingerprint density at radius 1 is 1.38 bits per heavy atom. The molecule has 0 aliphatic carbocycles. The number of nitriles is 1. The predicted octanol–water partition coefficient (Wildman–Crippen LogP) is 3.38. The lowest BCUT2D eigenvalue weighted by Crippen LogP contribution is -1.90. The van der Waals surface area contributed by atoms with Crippen LogP contribution in [0.5, 0.6) is 5.75 Å². The SMILES string of the molecule is CCOc1ccc2nc(Sc3cccnc3C#N)[nH]c2c1. The molecule has 0 saturated carbocycles. The van der Waals surface area contributed by atoms with Gasteiger partial charge in [0.2, 0.25) is 0 Å². The van der Waals surface area contributed by atoms with Crippen LogP contribution < -0.4 is 4.74 Å². The van der Waals surface area contributed by atoms with E-state index in [4.69, 9.17) is 10.00 Å². The van der Waals surface area contributed by atoms with Crippen LogP contribution in [0.15, 0.2) is 46.6 Å². The Morgan fingerprint density at radius 2 is 2.29 bits per heavy atom. The Hall–Kier alpha value is -2.52. The average Bonchev–Trinajstić information content (AvgIpc) is 2.89. The maximum absolute atomic E-state index is 9.06. The van der Waals surface area contributed by atoms with E-state index in [1.54, 1.807) is 12.3 Å². The van der Waals surface area contributed by atoms with E-state index in [0.29, 0.717) is 12.3 Å². The molecule has 0 fully saturated rings. The van der Waals surface area contributed by atoms with Crippen molar-refractivity contribution in [1.82, 2.24) is 15.0 Å². The van der Waals surface area contributed by atoms with Crippen molar-refractivity contribution in [2.45, 2.75) is 17.0 Å². The predicted molar refractivity (Wildman–Crippen MR) is 80.3 cm³/mol. The van der Waals surface area contributed by atoms with Gasteiger partial charge in [0.15, 0.2) is 10.9 Å². The summed E-state index contributed by atoms with van der Waals surface area (Å²) < 4.78 is 5.47. The van der Waals surface area contributed by atoms with Gasteiger partial charge in [-0.05, 0) is 43.0 Å². The van der Waals surface area contributed by atoms with Crippen LogP contribution >= 0.6 is 11.8 Å². The fraction of sp³-hybridized carbons (Fsp3) is 0.133. The van der Waals surface area contributed by atoms with Crippen molar-refractivity contribution in [2.75, 3.05) is 6.61 Å². The van der Waals surface area contributed by atoms with E-state index in [2.05, 4.69) is 21.0 Å². The summed E-state index contributed by atoms with van der Waals surface area (Å²) in [4.78, 5) is 12.6. The molecule has 5 nitrogen and oxygen atoms in total. The number of aromatic nitrogens is 3. The summed E-state index contributed by atoms with van der Waals surface area (Å²) in [6.45, 7) is 2.58. The number of hydrogen-bond acceptors (Lipinski definition) is 5. The lowest BCUT2D eigenvalue weighted by molar-refractivity contribution is 0.340. The number of H-pyrrole nitrogens is 1. The molecule has 3 aromatic rings. The second-order valence-electron chi connectivity index (χ2n) is 4.22. The normalized spacial score (nSPS) is 10.5. The summed E-state index contributed by atoms with van der Waals surface area (Å²) in [5.41, 5.74) is 2.17. The fourth-order valence-corrected chi connectivity index (χ4v) is 2.79. The van der Waals surface area contributed by atoms with Gasteiger partial charge in [-0.15, -0.1) is 0 Å². The number of aromatic amines is 1. The first-order chi connectivity index (χ1) is 10.3. The highest BCUT2D eigenvalue weighted by Gasteiger charge is 2.09. The van der Waals surface area contributed by atoms with Crippen molar-refractivity contribution >= 4 is 22.8 Å². The number of nitrogens with zero attached hydrogens (tertiary/aromatic N) is 3. The summed E-state index contributed by atoms with van der Waals surface area (Å²) in [5.74, 6) is 0.810. The maximum atomic E-state index is 9.06. The number of hydrogen-bond donors (Lipinski definition) is 1. The van der Waals surface area contributed by atoms with Crippen molar-refractivity contribution in [1.29, 1.82) is 5.26 Å². The third-order valence-electron chi connectivity index (χ3n) is 2.83. The van der Waals surface area contributed by atoms with Crippen LogP contribution in [0.25, 0.3) is 11.0 Å². The van der Waals surface area contributed by atoms with Crippen LogP contribution in [-0.4, -0.2) is 21.6 Å². The van der Waals surface area contributed by atoms with Gasteiger partial charge in [-0.2, -0.15) is 5.26 Å². The van der Waals surface area contributed by atoms with E-state index in [9.17, 15) is 0 Å². The molecule has 0 unspecified atom stereocenters. The Kier molecular flexibility index (Phi) is 3.75. The number of ether oxygens (including phenoxy) is 1. The van der Waals surface area contributed by atoms with Crippen molar-refractivity contribution in [3.8, 4) is 11.8 Å². The van der Waals surface area contributed by atoms with Gasteiger partial charge in [0.25, 0.3) is 0 Å². The molecule has 0 atom stereocenters. The molecule has 0 bridgehead atoms. The van der Waals surface area contributed by atoms with Crippen molar-refractivity contribution < 1.29 is 4.74 Å². The van der Waals surface area contributed by atoms with Gasteiger partial charge in [-0.25, -0.2) is 9.97 Å². The molecule has 1 N–H and O–H groups in total. The van der Waals surface area contributed by atoms with Gasteiger partial charge in [-0.3, -0.25) is 0 Å². The van der Waals surface area contributed by atoms with Gasteiger partial charge >= 0.3 is 0 Å². The molecule has 2 heterocycles. The van der Waals surface area contributed by atoms with Gasteiger partial charge in [0.05, 0.1) is 22.5 Å². The molecule has 104 valence electrons. The van der Waals surface area contributed by atoms with Gasteiger partial charge in [-0.1, -0.05) is 0 Å². The zero-order valence-corrected chi connectivity index (χ0v) is 12.1. The zero-order chi connectivity index (χ0) is 14.7. The molecule has 0 aliphatic heterocycles. The third kappa shape index (κ3) is 2.83. The van der Waals surface area contributed by atoms with Gasteiger partial charge in [0, 0.05) is 12.3 Å². The molecule has 21 heavy (non-hydrogen) atoms. The quantitative estimate of drug-likeness (QED) is 0.799. The first-order valence-corrected chi connectivity index (χ1v) is 7.27. The summed E-state index contributed by atoms with van der Waals surface area (Å²) in [7, 11) is 0. The highest BCUT2D eigenvalue weighted by atomic mass is 32.2. The van der Waals surface area contributed by atoms with Crippen LogP contribution in [0.1, 0.15) is 12.6 Å². The largest absolute Gasteiger partial charge is 0.494 e. The number of nitrogens with one attached hydrogen (secondary N) is 1. The van der Waals surface area contributed by atoms with Crippen LogP contribution in [0, 0.1) is 11.3 Å². The smallest absolute Gasteiger partial charge is 0.171 e. The fourth-order valence-electron chi connectivity index (χ4n) is 1.93. The van der Waals surface area contributed by atoms with Crippen LogP contribution in [0.3, 0.4) is 0 Å². The number of imidazole rings is 1. The second-order valence-corrected chi connectivity index (χ2v) is 5.25. The minimum atomic E-state index is 0.401. The van der Waals surface area contributed by atoms with Crippen molar-refractivity contribution in [3.63, 3.8) is 0 Å². The molecule has 6 heteroatoms. The van der Waals surface area contributed by atoms with Crippen LogP contribution in [-0.2, 0) is 0 Å². The first kappa shape index (κ1) is 13.5. The number of pyridine rings is 1. The molecule has 2 aromatic heterocycles. The number of fused-ring (bicyclic) bond motifs is 1. The van der Waals surface area contributed by atoms with Crippen molar-refractivity contribution in [2.24, 2.45) is 0 Å². The van der Waals surface area contributed by atoms with E-state index in [1.165, 1.54) is 11.8 Å². The zero-order valence-electron chi connectivity index (χ0n) is 11.3. The van der Waals surface area contributed by atoms with E-state index in [0.717, 1.165) is 26.8 Å². The van der Waals surface area contributed by atoms with E-state index < -0.39 is 0 Å². The minimum absolute atomic E-state index is 0.401. The molecule has 0 amide bonds. The van der Waals surface area contributed by atoms with Crippen molar-refractivity contribution in [3.05, 3.63) is 42.2 Å². The lowest BCUT2D eigenvalue weighted by atomic mass is 10.3. The lowest BCUT2D eigenvalue weighted by Gasteiger charge is -2.00. The summed E-state index contributed by atoms with van der Waals surface area (Å²) >= 11 is 1.39. The topological polar surface area (TPSA) is 74.6 Å². The summed E-state index contributed by atoms with van der Waals surface area (Å²) in [6.07, 6.45) is 1.61. The Labute approximate surface area is 126 Å². The third-order valence-corrected chi connectivity index (χ3v) is 3.76. The second kappa shape index (κ2) is 5.85. The summed E-state index contributed by atoms with van der Waals surface area (Å²) in [6, 6.07) is 11.5. The Balaban J connectivity index is 1.93. The molecule has 0 spiro atoms. The molecule has 0 radical (unpaired) electrons. The monoisotopic (exact) mass is 296 g/mol. The summed E-state index contributed by atoms with van der Waals surface area (Å²) in [5, 5.41) is 9.78. The Bertz CT molecular complexity index is 822. The molecule has 0 saturated heterocycles. The highest BCUT2D eigenvalue weighted by Crippen LogP contribution is 2.29. The highest BCUT2D eigenvalue weighted by molar-refractivity contribution is 7.99. The molecule has 1 aromatic carbocycles. The number of rotatable bonds is 4. The molecular formula is C15H12N4OS. The van der Waals surface area contributed by atoms with Gasteiger partial charge < -0.3 is 9.72 Å². The molecule has 0 aliphatic rings. The first-order valence-electron chi connectivity index (χ1n) is 6.45. The maximum Gasteiger partial charge on any atom is 0.171 e. The number of benzene rings is 1. The minimum Gasteiger partial charge on any atom is -0.494 e. The average molecular weight is 296 g/mol. The molecular weight excluding hydrogens is 284 g/mol. The van der Waals surface area contributed by atoms with Crippen LogP contribution in [0.4, 0.5) is 0 Å². The standard InChI is InChI=1S/C15H12N4OS/c1-2-20-10-5-6-11-12(8-10)19-15(18-11)21-14-4-3-7-17-13(14)9-16/h3-8H,2H2,1H3,(H,18,19). The Morgan fingerprint density at radius 3 is 3.10 bits per heavy atom. The van der Waals surface area contributed by atoms with Crippen LogP contribution in [0.2, 0.25) is 0 Å². The van der Waals surface area contributed by atoms with E-state index in [1.807, 2.05) is 31.2 Å². The van der Waals surface area contributed by atoms with E-state index >= 15 is 0 Å². The molecule has 3 rings (SSSR count).